The number of aromatic carboxylic acids is 1. The Morgan fingerprint density at radius 3 is 2.50 bits per heavy atom. The minimum Gasteiger partial charge on any atom is -0.490 e. The molecule has 2 aromatic rings. The highest BCUT2D eigenvalue weighted by Gasteiger charge is 2.26. The van der Waals surface area contributed by atoms with Crippen molar-refractivity contribution < 1.29 is 19.4 Å². The van der Waals surface area contributed by atoms with Gasteiger partial charge in [-0.3, -0.25) is 4.79 Å². The summed E-state index contributed by atoms with van der Waals surface area (Å²) >= 11 is 0. The van der Waals surface area contributed by atoms with Crippen molar-refractivity contribution in [2.24, 2.45) is 0 Å². The maximum atomic E-state index is 12.6. The van der Waals surface area contributed by atoms with E-state index in [0.717, 1.165) is 29.7 Å². The number of pyridine rings is 1. The number of carboxylic acid groups (broad SMARTS) is 1. The lowest BCUT2D eigenvalue weighted by Crippen LogP contribution is -2.42. The van der Waals surface area contributed by atoms with E-state index in [4.69, 9.17) is 9.84 Å². The van der Waals surface area contributed by atoms with Gasteiger partial charge < -0.3 is 14.7 Å². The molecule has 3 rings (SSSR count). The van der Waals surface area contributed by atoms with Crippen LogP contribution in [0.5, 0.6) is 5.75 Å². The minimum absolute atomic E-state index is 0.0675. The van der Waals surface area contributed by atoms with E-state index in [1.54, 1.807) is 17.0 Å². The van der Waals surface area contributed by atoms with E-state index in [0.29, 0.717) is 13.1 Å². The first-order valence-electron chi connectivity index (χ1n) is 8.67. The van der Waals surface area contributed by atoms with Crippen LogP contribution >= 0.6 is 0 Å². The van der Waals surface area contributed by atoms with Gasteiger partial charge in [0.15, 0.2) is 0 Å². The van der Waals surface area contributed by atoms with Crippen molar-refractivity contribution in [3.05, 3.63) is 58.9 Å². The SMILES string of the molecule is Cc1ccc(C)c(OC2CCN(C(=O)c3cccc(C(=O)O)n3)CC2)c1. The molecule has 1 aromatic heterocycles. The van der Waals surface area contributed by atoms with Crippen molar-refractivity contribution in [2.45, 2.75) is 32.8 Å². The molecule has 1 N–H and O–H groups in total. The summed E-state index contributed by atoms with van der Waals surface area (Å²) in [6, 6.07) is 10.6. The summed E-state index contributed by atoms with van der Waals surface area (Å²) < 4.78 is 6.12. The Morgan fingerprint density at radius 2 is 1.81 bits per heavy atom. The van der Waals surface area contributed by atoms with Crippen molar-refractivity contribution in [1.82, 2.24) is 9.88 Å². The zero-order valence-corrected chi connectivity index (χ0v) is 14.9. The summed E-state index contributed by atoms with van der Waals surface area (Å²) in [6.45, 7) is 5.18. The third-order valence-electron chi connectivity index (χ3n) is 4.55. The molecule has 6 heteroatoms. The first kappa shape index (κ1) is 17.9. The maximum Gasteiger partial charge on any atom is 0.354 e. The van der Waals surface area contributed by atoms with Gasteiger partial charge in [-0.15, -0.1) is 0 Å². The van der Waals surface area contributed by atoms with Gasteiger partial charge in [0.2, 0.25) is 0 Å². The van der Waals surface area contributed by atoms with Crippen LogP contribution in [0.3, 0.4) is 0 Å². The first-order chi connectivity index (χ1) is 12.4. The summed E-state index contributed by atoms with van der Waals surface area (Å²) in [6.07, 6.45) is 1.54. The van der Waals surface area contributed by atoms with Crippen LogP contribution in [-0.2, 0) is 0 Å². The lowest BCUT2D eigenvalue weighted by molar-refractivity contribution is 0.0588. The number of ether oxygens (including phenoxy) is 1. The Balaban J connectivity index is 1.61. The largest absolute Gasteiger partial charge is 0.490 e. The molecule has 0 unspecified atom stereocenters. The van der Waals surface area contributed by atoms with Gasteiger partial charge in [0, 0.05) is 25.9 Å². The summed E-state index contributed by atoms with van der Waals surface area (Å²) in [5.74, 6) is -0.482. The Bertz CT molecular complexity index is 826. The zero-order chi connectivity index (χ0) is 18.7. The third kappa shape index (κ3) is 4.02. The van der Waals surface area contributed by atoms with E-state index in [9.17, 15) is 9.59 Å². The second kappa shape index (κ2) is 7.56. The van der Waals surface area contributed by atoms with Gasteiger partial charge in [-0.05, 0) is 43.2 Å². The van der Waals surface area contributed by atoms with E-state index < -0.39 is 5.97 Å². The Hall–Kier alpha value is -2.89. The van der Waals surface area contributed by atoms with E-state index in [2.05, 4.69) is 11.1 Å². The molecule has 0 aliphatic carbocycles. The number of aryl methyl sites for hydroxylation is 2. The highest BCUT2D eigenvalue weighted by atomic mass is 16.5. The molecule has 6 nitrogen and oxygen atoms in total. The predicted molar refractivity (Wildman–Crippen MR) is 96.7 cm³/mol. The number of hydrogen-bond acceptors (Lipinski definition) is 4. The molecule has 1 aromatic carbocycles. The van der Waals surface area contributed by atoms with E-state index in [-0.39, 0.29) is 23.4 Å². The summed E-state index contributed by atoms with van der Waals surface area (Å²) in [4.78, 5) is 29.2. The minimum atomic E-state index is -1.14. The predicted octanol–water partition coefficient (Wildman–Crippen LogP) is 3.08. The average Bonchev–Trinajstić information content (AvgIpc) is 2.65. The number of benzene rings is 1. The van der Waals surface area contributed by atoms with E-state index in [1.165, 1.54) is 6.07 Å². The van der Waals surface area contributed by atoms with Crippen molar-refractivity contribution in [3.8, 4) is 5.75 Å². The zero-order valence-electron chi connectivity index (χ0n) is 14.9. The van der Waals surface area contributed by atoms with Crippen LogP contribution < -0.4 is 4.74 Å². The van der Waals surface area contributed by atoms with Crippen molar-refractivity contribution in [1.29, 1.82) is 0 Å². The van der Waals surface area contributed by atoms with Gasteiger partial charge in [-0.1, -0.05) is 18.2 Å². The quantitative estimate of drug-likeness (QED) is 0.913. The molecule has 136 valence electrons. The van der Waals surface area contributed by atoms with Crippen molar-refractivity contribution in [2.75, 3.05) is 13.1 Å². The van der Waals surface area contributed by atoms with Crippen LogP contribution in [0.25, 0.3) is 0 Å². The van der Waals surface area contributed by atoms with E-state index >= 15 is 0 Å². The highest BCUT2D eigenvalue weighted by molar-refractivity contribution is 5.94. The molecule has 0 atom stereocenters. The van der Waals surface area contributed by atoms with Crippen LogP contribution in [0, 0.1) is 13.8 Å². The molecule has 1 saturated heterocycles. The fourth-order valence-electron chi connectivity index (χ4n) is 3.03. The number of likely N-dealkylation sites (tertiary alicyclic amines) is 1. The summed E-state index contributed by atoms with van der Waals surface area (Å²) in [5, 5.41) is 9.01. The molecule has 0 bridgehead atoms. The molecule has 2 heterocycles. The standard InChI is InChI=1S/C20H22N2O4/c1-13-6-7-14(2)18(12-13)26-15-8-10-22(11-9-15)19(23)16-4-3-5-17(21-16)20(24)25/h3-7,12,15H,8-11H2,1-2H3,(H,24,25). The number of piperidine rings is 1. The van der Waals surface area contributed by atoms with Gasteiger partial charge >= 0.3 is 5.97 Å². The molecule has 1 aliphatic heterocycles. The fraction of sp³-hybridized carbons (Fsp3) is 0.350. The summed E-state index contributed by atoms with van der Waals surface area (Å²) in [5.41, 5.74) is 2.30. The molecule has 1 aliphatic rings. The first-order valence-corrected chi connectivity index (χ1v) is 8.67. The topological polar surface area (TPSA) is 79.7 Å². The lowest BCUT2D eigenvalue weighted by Gasteiger charge is -2.32. The molecule has 0 radical (unpaired) electrons. The second-order valence-electron chi connectivity index (χ2n) is 6.59. The fourth-order valence-corrected chi connectivity index (χ4v) is 3.03. The number of carbonyl (C=O) groups excluding carboxylic acids is 1. The Kier molecular flexibility index (Phi) is 5.21. The van der Waals surface area contributed by atoms with E-state index in [1.807, 2.05) is 26.0 Å². The van der Waals surface area contributed by atoms with Gasteiger partial charge in [-0.25, -0.2) is 9.78 Å². The van der Waals surface area contributed by atoms with Crippen LogP contribution in [0.1, 0.15) is 44.9 Å². The highest BCUT2D eigenvalue weighted by Crippen LogP contribution is 2.24. The number of amides is 1. The number of rotatable bonds is 4. The molecule has 0 saturated carbocycles. The number of aromatic nitrogens is 1. The molecule has 1 fully saturated rings. The van der Waals surface area contributed by atoms with Crippen LogP contribution in [0.2, 0.25) is 0 Å². The second-order valence-corrected chi connectivity index (χ2v) is 6.59. The Labute approximate surface area is 152 Å². The number of hydrogen-bond donors (Lipinski definition) is 1. The maximum absolute atomic E-state index is 12.6. The normalized spacial score (nSPS) is 14.9. The van der Waals surface area contributed by atoms with Crippen LogP contribution in [-0.4, -0.2) is 46.1 Å². The van der Waals surface area contributed by atoms with Crippen molar-refractivity contribution >= 4 is 11.9 Å². The molecular formula is C20H22N2O4. The van der Waals surface area contributed by atoms with Gasteiger partial charge in [-0.2, -0.15) is 0 Å². The molecular weight excluding hydrogens is 332 g/mol. The Morgan fingerprint density at radius 1 is 1.12 bits per heavy atom. The molecule has 26 heavy (non-hydrogen) atoms. The van der Waals surface area contributed by atoms with Crippen LogP contribution in [0.4, 0.5) is 0 Å². The average molecular weight is 354 g/mol. The van der Waals surface area contributed by atoms with Crippen molar-refractivity contribution in [3.63, 3.8) is 0 Å². The van der Waals surface area contributed by atoms with Gasteiger partial charge in [0.05, 0.1) is 0 Å². The van der Waals surface area contributed by atoms with Gasteiger partial charge in [0.25, 0.3) is 5.91 Å². The smallest absolute Gasteiger partial charge is 0.354 e. The number of carboxylic acids is 1. The number of carbonyl (C=O) groups is 2. The molecule has 0 spiro atoms. The van der Waals surface area contributed by atoms with Gasteiger partial charge in [0.1, 0.15) is 23.2 Å². The number of nitrogens with zero attached hydrogens (tertiary/aromatic N) is 2. The lowest BCUT2D eigenvalue weighted by atomic mass is 10.1. The monoisotopic (exact) mass is 354 g/mol. The third-order valence-corrected chi connectivity index (χ3v) is 4.55. The molecule has 1 amide bonds. The summed E-state index contributed by atoms with van der Waals surface area (Å²) in [7, 11) is 0. The van der Waals surface area contributed by atoms with Crippen LogP contribution in [0.15, 0.2) is 36.4 Å².